The Kier molecular flexibility index (Phi) is 6.69. The number of rotatable bonds is 9. The molecule has 0 aromatic heterocycles. The van der Waals surface area contributed by atoms with E-state index in [0.29, 0.717) is 11.4 Å². The first-order chi connectivity index (χ1) is 10.3. The van der Waals surface area contributed by atoms with Gasteiger partial charge in [0.2, 0.25) is 0 Å². The maximum Gasteiger partial charge on any atom is 0.308 e. The Hall–Kier alpha value is -2.24. The van der Waals surface area contributed by atoms with Gasteiger partial charge in [0.25, 0.3) is 0 Å². The van der Waals surface area contributed by atoms with Crippen LogP contribution in [0.1, 0.15) is 27.2 Å². The number of ether oxygens (including phenoxy) is 1. The standard InChI is InChI=1S/C16H23NO5/c1-11(2)22-14-7-5-4-6-13(14)17(9-8-15(18)19)10-12(3)16(20)21/h4-7,11-12H,8-10H2,1-3H3,(H,18,19)(H,20,21). The lowest BCUT2D eigenvalue weighted by Crippen LogP contribution is -2.34. The lowest BCUT2D eigenvalue weighted by molar-refractivity contribution is -0.140. The first-order valence-electron chi connectivity index (χ1n) is 7.26. The summed E-state index contributed by atoms with van der Waals surface area (Å²) in [6.45, 7) is 5.85. The summed E-state index contributed by atoms with van der Waals surface area (Å²) in [5.41, 5.74) is 0.713. The van der Waals surface area contributed by atoms with Crippen LogP contribution in [0.25, 0.3) is 0 Å². The molecular weight excluding hydrogens is 286 g/mol. The molecule has 1 aromatic carbocycles. The van der Waals surface area contributed by atoms with Crippen molar-refractivity contribution < 1.29 is 24.5 Å². The Morgan fingerprint density at radius 3 is 2.36 bits per heavy atom. The van der Waals surface area contributed by atoms with E-state index in [0.717, 1.165) is 0 Å². The lowest BCUT2D eigenvalue weighted by atomic mass is 10.1. The molecule has 0 aliphatic carbocycles. The van der Waals surface area contributed by atoms with Crippen LogP contribution in [0.3, 0.4) is 0 Å². The molecule has 0 heterocycles. The summed E-state index contributed by atoms with van der Waals surface area (Å²) in [5, 5.41) is 18.0. The SMILES string of the molecule is CC(C)Oc1ccccc1N(CCC(=O)O)CC(C)C(=O)O. The van der Waals surface area contributed by atoms with Gasteiger partial charge in [-0.3, -0.25) is 9.59 Å². The maximum atomic E-state index is 11.1. The molecule has 0 amide bonds. The fourth-order valence-corrected chi connectivity index (χ4v) is 2.02. The van der Waals surface area contributed by atoms with Crippen LogP contribution < -0.4 is 9.64 Å². The number of hydrogen-bond donors (Lipinski definition) is 2. The Labute approximate surface area is 130 Å². The minimum absolute atomic E-state index is 0.0284. The van der Waals surface area contributed by atoms with Gasteiger partial charge in [0.15, 0.2) is 0 Å². The van der Waals surface area contributed by atoms with Crippen molar-refractivity contribution in [2.24, 2.45) is 5.92 Å². The fourth-order valence-electron chi connectivity index (χ4n) is 2.02. The third kappa shape index (κ3) is 5.63. The third-order valence-electron chi connectivity index (χ3n) is 3.08. The predicted octanol–water partition coefficient (Wildman–Crippen LogP) is 2.48. The Bertz CT molecular complexity index is 515. The monoisotopic (exact) mass is 309 g/mol. The molecule has 1 unspecified atom stereocenters. The molecule has 0 bridgehead atoms. The van der Waals surface area contributed by atoms with E-state index in [1.54, 1.807) is 17.9 Å². The predicted molar refractivity (Wildman–Crippen MR) is 83.5 cm³/mol. The molecule has 1 atom stereocenters. The molecule has 0 radical (unpaired) electrons. The molecule has 0 aliphatic rings. The summed E-state index contributed by atoms with van der Waals surface area (Å²) in [5.74, 6) is -1.82. The molecule has 0 saturated carbocycles. The largest absolute Gasteiger partial charge is 0.489 e. The molecule has 22 heavy (non-hydrogen) atoms. The van der Waals surface area contributed by atoms with Gasteiger partial charge >= 0.3 is 11.9 Å². The van der Waals surface area contributed by atoms with Gasteiger partial charge in [-0.05, 0) is 26.0 Å². The van der Waals surface area contributed by atoms with E-state index in [9.17, 15) is 9.59 Å². The van der Waals surface area contributed by atoms with E-state index in [2.05, 4.69) is 0 Å². The minimum atomic E-state index is -0.921. The van der Waals surface area contributed by atoms with Crippen LogP contribution in [0.4, 0.5) is 5.69 Å². The number of carboxylic acids is 2. The summed E-state index contributed by atoms with van der Waals surface area (Å²) in [6, 6.07) is 7.27. The van der Waals surface area contributed by atoms with Crippen LogP contribution in [-0.2, 0) is 9.59 Å². The van der Waals surface area contributed by atoms with Gasteiger partial charge in [-0.2, -0.15) is 0 Å². The second-order valence-electron chi connectivity index (χ2n) is 5.46. The summed E-state index contributed by atoms with van der Waals surface area (Å²) >= 11 is 0. The van der Waals surface area contributed by atoms with Crippen LogP contribution in [0.5, 0.6) is 5.75 Å². The second kappa shape index (κ2) is 8.26. The van der Waals surface area contributed by atoms with Crippen molar-refractivity contribution in [2.45, 2.75) is 33.3 Å². The number of nitrogens with zero attached hydrogens (tertiary/aromatic N) is 1. The molecule has 0 aliphatic heterocycles. The highest BCUT2D eigenvalue weighted by atomic mass is 16.5. The van der Waals surface area contributed by atoms with Crippen molar-refractivity contribution in [1.82, 2.24) is 0 Å². The zero-order chi connectivity index (χ0) is 16.7. The van der Waals surface area contributed by atoms with Gasteiger partial charge in [0.05, 0.1) is 24.1 Å². The first kappa shape index (κ1) is 17.8. The van der Waals surface area contributed by atoms with E-state index in [-0.39, 0.29) is 25.6 Å². The average Bonchev–Trinajstić information content (AvgIpc) is 2.43. The molecule has 1 aromatic rings. The number of hydrogen-bond acceptors (Lipinski definition) is 4. The van der Waals surface area contributed by atoms with E-state index in [1.165, 1.54) is 0 Å². The van der Waals surface area contributed by atoms with Crippen LogP contribution in [-0.4, -0.2) is 41.3 Å². The quantitative estimate of drug-likeness (QED) is 0.728. The Morgan fingerprint density at radius 1 is 1.18 bits per heavy atom. The van der Waals surface area contributed by atoms with Gasteiger partial charge in [-0.1, -0.05) is 19.1 Å². The highest BCUT2D eigenvalue weighted by Gasteiger charge is 2.20. The summed E-state index contributed by atoms with van der Waals surface area (Å²) in [4.78, 5) is 23.7. The third-order valence-corrected chi connectivity index (χ3v) is 3.08. The second-order valence-corrected chi connectivity index (χ2v) is 5.46. The molecule has 6 nitrogen and oxygen atoms in total. The molecule has 0 spiro atoms. The number of anilines is 1. The molecule has 122 valence electrons. The van der Waals surface area contributed by atoms with Gasteiger partial charge < -0.3 is 19.8 Å². The Balaban J connectivity index is 3.03. The molecular formula is C16H23NO5. The van der Waals surface area contributed by atoms with Gasteiger partial charge in [0.1, 0.15) is 5.75 Å². The Morgan fingerprint density at radius 2 is 1.82 bits per heavy atom. The van der Waals surface area contributed by atoms with Crippen LogP contribution >= 0.6 is 0 Å². The van der Waals surface area contributed by atoms with Crippen molar-refractivity contribution in [1.29, 1.82) is 0 Å². The van der Waals surface area contributed by atoms with Crippen LogP contribution in [0.15, 0.2) is 24.3 Å². The van der Waals surface area contributed by atoms with E-state index in [1.807, 2.05) is 32.0 Å². The van der Waals surface area contributed by atoms with Gasteiger partial charge in [-0.25, -0.2) is 0 Å². The molecule has 6 heteroatoms. The maximum absolute atomic E-state index is 11.1. The molecule has 1 rings (SSSR count). The summed E-state index contributed by atoms with van der Waals surface area (Å²) < 4.78 is 5.74. The number of para-hydroxylation sites is 2. The molecule has 0 fully saturated rings. The highest BCUT2D eigenvalue weighted by Crippen LogP contribution is 2.29. The number of benzene rings is 1. The van der Waals surface area contributed by atoms with E-state index >= 15 is 0 Å². The van der Waals surface area contributed by atoms with Crippen molar-refractivity contribution in [2.75, 3.05) is 18.0 Å². The highest BCUT2D eigenvalue weighted by molar-refractivity contribution is 5.72. The van der Waals surface area contributed by atoms with Crippen molar-refractivity contribution in [3.05, 3.63) is 24.3 Å². The van der Waals surface area contributed by atoms with Crippen LogP contribution in [0.2, 0.25) is 0 Å². The van der Waals surface area contributed by atoms with Crippen molar-refractivity contribution in [3.8, 4) is 5.75 Å². The van der Waals surface area contributed by atoms with Crippen LogP contribution in [0, 0.1) is 5.92 Å². The molecule has 2 N–H and O–H groups in total. The van der Waals surface area contributed by atoms with E-state index in [4.69, 9.17) is 14.9 Å². The smallest absolute Gasteiger partial charge is 0.308 e. The normalized spacial score (nSPS) is 12.0. The number of aliphatic carboxylic acids is 2. The number of carboxylic acid groups (broad SMARTS) is 2. The van der Waals surface area contributed by atoms with E-state index < -0.39 is 17.9 Å². The molecule has 0 saturated heterocycles. The average molecular weight is 309 g/mol. The first-order valence-corrected chi connectivity index (χ1v) is 7.26. The minimum Gasteiger partial charge on any atom is -0.489 e. The van der Waals surface area contributed by atoms with Gasteiger partial charge in [-0.15, -0.1) is 0 Å². The zero-order valence-electron chi connectivity index (χ0n) is 13.2. The lowest BCUT2D eigenvalue weighted by Gasteiger charge is -2.28. The number of carbonyl (C=O) groups is 2. The zero-order valence-corrected chi connectivity index (χ0v) is 13.2. The topological polar surface area (TPSA) is 87.1 Å². The fraction of sp³-hybridized carbons (Fsp3) is 0.500. The summed E-state index contributed by atoms with van der Waals surface area (Å²) in [6.07, 6.45) is -0.0955. The van der Waals surface area contributed by atoms with Crippen molar-refractivity contribution in [3.63, 3.8) is 0 Å². The van der Waals surface area contributed by atoms with Crippen molar-refractivity contribution >= 4 is 17.6 Å². The van der Waals surface area contributed by atoms with Gasteiger partial charge in [0, 0.05) is 13.1 Å². The summed E-state index contributed by atoms with van der Waals surface area (Å²) in [7, 11) is 0.